The van der Waals surface area contributed by atoms with Gasteiger partial charge in [-0.25, -0.2) is 0 Å². The van der Waals surface area contributed by atoms with Gasteiger partial charge in [-0.2, -0.15) is 8.42 Å². The van der Waals surface area contributed by atoms with Crippen LogP contribution >= 0.6 is 11.3 Å². The van der Waals surface area contributed by atoms with Crippen LogP contribution in [0.15, 0.2) is 28.6 Å². The molecule has 2 N–H and O–H groups in total. The highest BCUT2D eigenvalue weighted by Gasteiger charge is 2.26. The fraction of sp³-hybridized carbons (Fsp3) is 0.412. The van der Waals surface area contributed by atoms with E-state index in [0.29, 0.717) is 13.1 Å². The van der Waals surface area contributed by atoms with Gasteiger partial charge in [0, 0.05) is 19.0 Å². The molecule has 1 aliphatic heterocycles. The lowest BCUT2D eigenvalue weighted by atomic mass is 10.1. The van der Waals surface area contributed by atoms with Crippen molar-refractivity contribution in [3.05, 3.63) is 29.8 Å². The summed E-state index contributed by atoms with van der Waals surface area (Å²) in [5.41, 5.74) is 0.466. The monoisotopic (exact) mass is 423 g/mol. The van der Waals surface area contributed by atoms with Crippen molar-refractivity contribution < 1.29 is 18.0 Å². The molecular formula is C17H21N5O4S2. The van der Waals surface area contributed by atoms with E-state index in [-0.39, 0.29) is 38.5 Å². The summed E-state index contributed by atoms with van der Waals surface area (Å²) >= 11 is 0.744. The number of carbonyl (C=O) groups excluding carboxylic acids is 2. The van der Waals surface area contributed by atoms with E-state index in [4.69, 9.17) is 0 Å². The van der Waals surface area contributed by atoms with Gasteiger partial charge in [0.2, 0.25) is 11.0 Å². The molecule has 0 aliphatic carbocycles. The molecule has 150 valence electrons. The zero-order valence-electron chi connectivity index (χ0n) is 15.5. The zero-order valence-corrected chi connectivity index (χ0v) is 17.1. The smallest absolute Gasteiger partial charge is 0.291 e. The van der Waals surface area contributed by atoms with Crippen LogP contribution in [0.25, 0.3) is 0 Å². The molecule has 2 heterocycles. The number of nitrogens with zero attached hydrogens (tertiary/aromatic N) is 3. The minimum Gasteiger partial charge on any atom is -0.339 e. The lowest BCUT2D eigenvalue weighted by Gasteiger charge is -2.17. The SMILES string of the molecule is CC(C)C(=O)Nc1nnc(S(=O)(=O)Nc2ccccc2C(=O)N2CCCC2)s1. The average Bonchev–Trinajstić information content (AvgIpc) is 3.33. The number of nitrogens with one attached hydrogen (secondary N) is 2. The average molecular weight is 424 g/mol. The third kappa shape index (κ3) is 4.47. The Bertz CT molecular complexity index is 981. The Labute approximate surface area is 167 Å². The number of amides is 2. The Balaban J connectivity index is 1.81. The van der Waals surface area contributed by atoms with Crippen LogP contribution in [-0.4, -0.2) is 48.4 Å². The molecule has 9 nitrogen and oxygen atoms in total. The fourth-order valence-electron chi connectivity index (χ4n) is 2.66. The summed E-state index contributed by atoms with van der Waals surface area (Å²) < 4.78 is 27.5. The first kappa shape index (κ1) is 20.2. The van der Waals surface area contributed by atoms with Crippen LogP contribution in [0.2, 0.25) is 0 Å². The minimum atomic E-state index is -4.06. The number of carbonyl (C=O) groups is 2. The molecule has 1 aromatic heterocycles. The van der Waals surface area contributed by atoms with Crippen LogP contribution in [0.1, 0.15) is 37.0 Å². The van der Waals surface area contributed by atoms with E-state index in [9.17, 15) is 18.0 Å². The van der Waals surface area contributed by atoms with E-state index in [1.165, 1.54) is 6.07 Å². The zero-order chi connectivity index (χ0) is 20.3. The fourth-order valence-corrected chi connectivity index (χ4v) is 4.64. The van der Waals surface area contributed by atoms with Crippen LogP contribution in [0.5, 0.6) is 0 Å². The maximum atomic E-state index is 12.7. The second-order valence-electron chi connectivity index (χ2n) is 6.67. The summed E-state index contributed by atoms with van der Waals surface area (Å²) in [5, 5.41) is 9.98. The first-order valence-electron chi connectivity index (χ1n) is 8.83. The predicted octanol–water partition coefficient (Wildman–Crippen LogP) is 2.17. The molecule has 1 aliphatic rings. The first-order valence-corrected chi connectivity index (χ1v) is 11.1. The molecule has 0 spiro atoms. The number of sulfonamides is 1. The molecule has 0 atom stereocenters. The van der Waals surface area contributed by atoms with Crippen LogP contribution in [-0.2, 0) is 14.8 Å². The molecule has 1 saturated heterocycles. The Hall–Kier alpha value is -2.53. The van der Waals surface area contributed by atoms with Gasteiger partial charge in [0.1, 0.15) is 0 Å². The summed E-state index contributed by atoms with van der Waals surface area (Å²) in [6, 6.07) is 6.45. The van der Waals surface area contributed by atoms with Gasteiger partial charge in [0.05, 0.1) is 11.3 Å². The third-order valence-electron chi connectivity index (χ3n) is 4.19. The number of hydrogen-bond acceptors (Lipinski definition) is 7. The van der Waals surface area contributed by atoms with Crippen molar-refractivity contribution in [3.8, 4) is 0 Å². The van der Waals surface area contributed by atoms with E-state index < -0.39 is 10.0 Å². The van der Waals surface area contributed by atoms with Gasteiger partial charge in [-0.1, -0.05) is 37.3 Å². The van der Waals surface area contributed by atoms with E-state index in [0.717, 1.165) is 24.2 Å². The summed E-state index contributed by atoms with van der Waals surface area (Å²) in [4.78, 5) is 26.1. The molecular weight excluding hydrogens is 402 g/mol. The van der Waals surface area contributed by atoms with Crippen molar-refractivity contribution in [2.45, 2.75) is 31.0 Å². The highest BCUT2D eigenvalue weighted by Crippen LogP contribution is 2.26. The number of likely N-dealkylation sites (tertiary alicyclic amines) is 1. The molecule has 2 amide bonds. The quantitative estimate of drug-likeness (QED) is 0.687. The van der Waals surface area contributed by atoms with Crippen molar-refractivity contribution >= 4 is 44.0 Å². The molecule has 1 aromatic carbocycles. The van der Waals surface area contributed by atoms with Gasteiger partial charge >= 0.3 is 0 Å². The molecule has 3 rings (SSSR count). The largest absolute Gasteiger partial charge is 0.339 e. The standard InChI is InChI=1S/C17H21N5O4S2/c1-11(2)14(23)18-16-19-20-17(27-16)28(25,26)21-13-8-4-3-7-12(13)15(24)22-9-5-6-10-22/h3-4,7-8,11,21H,5-6,9-10H2,1-2H3,(H,18,19,23). The predicted molar refractivity (Wildman–Crippen MR) is 106 cm³/mol. The summed E-state index contributed by atoms with van der Waals surface area (Å²) in [7, 11) is -4.06. The van der Waals surface area contributed by atoms with Crippen molar-refractivity contribution in [3.63, 3.8) is 0 Å². The number of para-hydroxylation sites is 1. The number of rotatable bonds is 6. The van der Waals surface area contributed by atoms with Gasteiger partial charge in [-0.05, 0) is 25.0 Å². The maximum Gasteiger partial charge on any atom is 0.291 e. The summed E-state index contributed by atoms with van der Waals surface area (Å²) in [5.74, 6) is -0.766. The molecule has 2 aromatic rings. The number of aromatic nitrogens is 2. The van der Waals surface area contributed by atoms with E-state index in [1.807, 2.05) is 0 Å². The van der Waals surface area contributed by atoms with Gasteiger partial charge in [0.15, 0.2) is 0 Å². The van der Waals surface area contributed by atoms with E-state index in [1.54, 1.807) is 36.9 Å². The van der Waals surface area contributed by atoms with Gasteiger partial charge < -0.3 is 10.2 Å². The molecule has 0 unspecified atom stereocenters. The number of benzene rings is 1. The Morgan fingerprint density at radius 2 is 1.82 bits per heavy atom. The maximum absolute atomic E-state index is 12.7. The van der Waals surface area contributed by atoms with Crippen LogP contribution < -0.4 is 10.0 Å². The van der Waals surface area contributed by atoms with Crippen LogP contribution in [0.3, 0.4) is 0 Å². The lowest BCUT2D eigenvalue weighted by molar-refractivity contribution is -0.118. The molecule has 0 radical (unpaired) electrons. The topological polar surface area (TPSA) is 121 Å². The van der Waals surface area contributed by atoms with Crippen LogP contribution in [0, 0.1) is 5.92 Å². The Morgan fingerprint density at radius 1 is 1.14 bits per heavy atom. The second-order valence-corrected chi connectivity index (χ2v) is 9.50. The lowest BCUT2D eigenvalue weighted by Crippen LogP contribution is -2.28. The summed E-state index contributed by atoms with van der Waals surface area (Å²) in [6.45, 7) is 4.75. The Morgan fingerprint density at radius 3 is 2.50 bits per heavy atom. The third-order valence-corrected chi connectivity index (χ3v) is 6.76. The minimum absolute atomic E-state index is 0.0977. The normalized spacial score (nSPS) is 14.3. The molecule has 0 bridgehead atoms. The number of hydrogen-bond donors (Lipinski definition) is 2. The first-order chi connectivity index (χ1) is 13.3. The molecule has 11 heteroatoms. The highest BCUT2D eigenvalue weighted by atomic mass is 32.2. The van der Waals surface area contributed by atoms with Crippen LogP contribution in [0.4, 0.5) is 10.8 Å². The molecule has 0 saturated carbocycles. The van der Waals surface area contributed by atoms with Gasteiger partial charge in [-0.3, -0.25) is 14.3 Å². The second kappa shape index (κ2) is 8.23. The molecule has 28 heavy (non-hydrogen) atoms. The number of anilines is 2. The van der Waals surface area contributed by atoms with Crippen molar-refractivity contribution in [2.75, 3.05) is 23.1 Å². The van der Waals surface area contributed by atoms with Crippen molar-refractivity contribution in [1.82, 2.24) is 15.1 Å². The highest BCUT2D eigenvalue weighted by molar-refractivity contribution is 7.94. The summed E-state index contributed by atoms with van der Waals surface area (Å²) in [6.07, 6.45) is 1.88. The van der Waals surface area contributed by atoms with E-state index >= 15 is 0 Å². The molecule has 1 fully saturated rings. The van der Waals surface area contributed by atoms with Crippen molar-refractivity contribution in [2.24, 2.45) is 5.92 Å². The van der Waals surface area contributed by atoms with Gasteiger partial charge in [-0.15, -0.1) is 10.2 Å². The Kier molecular flexibility index (Phi) is 5.94. The van der Waals surface area contributed by atoms with E-state index in [2.05, 4.69) is 20.2 Å². The van der Waals surface area contributed by atoms with Crippen molar-refractivity contribution in [1.29, 1.82) is 0 Å². The van der Waals surface area contributed by atoms with Gasteiger partial charge in [0.25, 0.3) is 20.3 Å².